The highest BCUT2D eigenvalue weighted by Crippen LogP contribution is 2.38. The Kier molecular flexibility index (Phi) is 7.14. The van der Waals surface area contributed by atoms with Crippen LogP contribution in [0.3, 0.4) is 0 Å². The van der Waals surface area contributed by atoms with Crippen molar-refractivity contribution in [2.24, 2.45) is 5.92 Å². The minimum Gasteiger partial charge on any atom is -0.394 e. The topological polar surface area (TPSA) is 97.0 Å². The van der Waals surface area contributed by atoms with Gasteiger partial charge in [0, 0.05) is 9.72 Å². The third-order valence-corrected chi connectivity index (χ3v) is 6.80. The summed E-state index contributed by atoms with van der Waals surface area (Å²) >= 11 is 6.54. The highest BCUT2D eigenvalue weighted by Gasteiger charge is 2.19. The molecule has 0 aliphatic rings. The standard InChI is InChI=1S/C19H24BrN5OS2/c1-10(2)8-12(9-26)22-16-15-17(23-18(21)28-15)25-19(24-16)27-11(3)13-6-4-5-7-14(13)20/h4-7,10-12,26H,8-9H2,1-3H3,(H3,21,22,23,24,25)/t11-,12+/m0/s1. The van der Waals surface area contributed by atoms with Gasteiger partial charge in [0.2, 0.25) is 0 Å². The number of nitrogens with zero attached hydrogens (tertiary/aromatic N) is 3. The van der Waals surface area contributed by atoms with Crippen LogP contribution in [0.5, 0.6) is 0 Å². The van der Waals surface area contributed by atoms with Crippen LogP contribution in [-0.4, -0.2) is 32.7 Å². The maximum Gasteiger partial charge on any atom is 0.192 e. The molecule has 2 aromatic heterocycles. The summed E-state index contributed by atoms with van der Waals surface area (Å²) in [5, 5.41) is 14.4. The number of aromatic nitrogens is 3. The van der Waals surface area contributed by atoms with Gasteiger partial charge >= 0.3 is 0 Å². The van der Waals surface area contributed by atoms with Crippen molar-refractivity contribution in [3.63, 3.8) is 0 Å². The van der Waals surface area contributed by atoms with Crippen molar-refractivity contribution >= 4 is 60.3 Å². The average Bonchev–Trinajstić information content (AvgIpc) is 3.01. The summed E-state index contributed by atoms with van der Waals surface area (Å²) in [5.41, 5.74) is 7.68. The zero-order valence-electron chi connectivity index (χ0n) is 16.0. The van der Waals surface area contributed by atoms with E-state index in [1.54, 1.807) is 11.8 Å². The molecule has 150 valence electrons. The SMILES string of the molecule is CC(C)C[C@H](CO)Nc1nc(S[C@@H](C)c2ccccc2Br)nc2nc(N)sc12. The van der Waals surface area contributed by atoms with Crippen molar-refractivity contribution in [1.82, 2.24) is 15.0 Å². The number of thiazole rings is 1. The molecular weight excluding hydrogens is 458 g/mol. The van der Waals surface area contributed by atoms with Crippen molar-refractivity contribution in [2.45, 2.75) is 43.6 Å². The first-order chi connectivity index (χ1) is 13.4. The van der Waals surface area contributed by atoms with Gasteiger partial charge in [0.25, 0.3) is 0 Å². The Morgan fingerprint density at radius 2 is 1.96 bits per heavy atom. The summed E-state index contributed by atoms with van der Waals surface area (Å²) in [6.45, 7) is 6.42. The Morgan fingerprint density at radius 3 is 2.64 bits per heavy atom. The van der Waals surface area contributed by atoms with Crippen molar-refractivity contribution < 1.29 is 5.11 Å². The van der Waals surface area contributed by atoms with E-state index in [-0.39, 0.29) is 17.9 Å². The second-order valence-electron chi connectivity index (χ2n) is 6.99. The molecule has 0 saturated heterocycles. The molecule has 1 aromatic carbocycles. The van der Waals surface area contributed by atoms with Crippen LogP contribution in [0.2, 0.25) is 0 Å². The molecule has 2 atom stereocenters. The first-order valence-corrected chi connectivity index (χ1v) is 11.6. The van der Waals surface area contributed by atoms with Gasteiger partial charge in [-0.2, -0.15) is 0 Å². The highest BCUT2D eigenvalue weighted by atomic mass is 79.9. The number of hydrogen-bond acceptors (Lipinski definition) is 8. The number of hydrogen-bond donors (Lipinski definition) is 3. The van der Waals surface area contributed by atoms with E-state index in [1.165, 1.54) is 16.9 Å². The van der Waals surface area contributed by atoms with Crippen LogP contribution in [0, 0.1) is 5.92 Å². The number of anilines is 2. The summed E-state index contributed by atoms with van der Waals surface area (Å²) < 4.78 is 1.88. The summed E-state index contributed by atoms with van der Waals surface area (Å²) in [5.74, 6) is 1.14. The number of nitrogen functional groups attached to an aromatic ring is 1. The van der Waals surface area contributed by atoms with Crippen LogP contribution in [0.4, 0.5) is 10.9 Å². The maximum atomic E-state index is 9.75. The number of thioether (sulfide) groups is 1. The van der Waals surface area contributed by atoms with Crippen LogP contribution in [0.15, 0.2) is 33.9 Å². The molecule has 3 aromatic rings. The maximum absolute atomic E-state index is 9.75. The van der Waals surface area contributed by atoms with Gasteiger partial charge in [-0.05, 0) is 30.9 Å². The molecule has 2 heterocycles. The Morgan fingerprint density at radius 1 is 1.21 bits per heavy atom. The number of aliphatic hydroxyl groups excluding tert-OH is 1. The second kappa shape index (κ2) is 9.39. The van der Waals surface area contributed by atoms with Gasteiger partial charge in [-0.1, -0.05) is 71.1 Å². The number of halogens is 1. The molecule has 28 heavy (non-hydrogen) atoms. The zero-order chi connectivity index (χ0) is 20.3. The molecule has 0 aliphatic carbocycles. The third-order valence-electron chi connectivity index (χ3n) is 4.19. The average molecular weight is 482 g/mol. The molecule has 0 saturated carbocycles. The summed E-state index contributed by atoms with van der Waals surface area (Å²) in [6.07, 6.45) is 0.839. The lowest BCUT2D eigenvalue weighted by atomic mass is 10.0. The quantitative estimate of drug-likeness (QED) is 0.304. The van der Waals surface area contributed by atoms with Crippen LogP contribution >= 0.6 is 39.0 Å². The molecule has 6 nitrogen and oxygen atoms in total. The predicted molar refractivity (Wildman–Crippen MR) is 122 cm³/mol. The lowest BCUT2D eigenvalue weighted by Gasteiger charge is -2.19. The Hall–Kier alpha value is -1.42. The number of benzene rings is 1. The van der Waals surface area contributed by atoms with E-state index >= 15 is 0 Å². The number of nitrogens with one attached hydrogen (secondary N) is 1. The van der Waals surface area contributed by atoms with Crippen LogP contribution < -0.4 is 11.1 Å². The molecule has 0 spiro atoms. The van der Waals surface area contributed by atoms with E-state index in [1.807, 2.05) is 18.2 Å². The number of rotatable bonds is 8. The van der Waals surface area contributed by atoms with E-state index in [9.17, 15) is 5.11 Å². The van der Waals surface area contributed by atoms with E-state index < -0.39 is 0 Å². The lowest BCUT2D eigenvalue weighted by Crippen LogP contribution is -2.26. The van der Waals surface area contributed by atoms with Crippen molar-refractivity contribution in [3.05, 3.63) is 34.3 Å². The monoisotopic (exact) mass is 481 g/mol. The highest BCUT2D eigenvalue weighted by molar-refractivity contribution is 9.10. The Labute approximate surface area is 181 Å². The first-order valence-electron chi connectivity index (χ1n) is 9.10. The Bertz CT molecular complexity index is 949. The largest absolute Gasteiger partial charge is 0.394 e. The number of nitrogens with two attached hydrogens (primary N) is 1. The van der Waals surface area contributed by atoms with Gasteiger partial charge in [0.1, 0.15) is 4.70 Å². The van der Waals surface area contributed by atoms with Gasteiger partial charge in [0.05, 0.1) is 12.6 Å². The minimum atomic E-state index is -0.0834. The third kappa shape index (κ3) is 5.14. The molecule has 0 amide bonds. The van der Waals surface area contributed by atoms with Gasteiger partial charge < -0.3 is 16.2 Å². The molecule has 4 N–H and O–H groups in total. The predicted octanol–water partition coefficient (Wildman–Crippen LogP) is 5.10. The molecule has 0 radical (unpaired) electrons. The summed E-state index contributed by atoms with van der Waals surface area (Å²) in [6, 6.07) is 8.05. The van der Waals surface area contributed by atoms with E-state index in [0.717, 1.165) is 15.6 Å². The molecular formula is C19H24BrN5OS2. The Balaban J connectivity index is 1.92. The van der Waals surface area contributed by atoms with Crippen LogP contribution in [0.25, 0.3) is 10.3 Å². The second-order valence-corrected chi connectivity index (χ2v) is 10.2. The smallest absolute Gasteiger partial charge is 0.192 e. The van der Waals surface area contributed by atoms with Crippen LogP contribution in [-0.2, 0) is 0 Å². The zero-order valence-corrected chi connectivity index (χ0v) is 19.2. The van der Waals surface area contributed by atoms with Gasteiger partial charge in [-0.3, -0.25) is 0 Å². The lowest BCUT2D eigenvalue weighted by molar-refractivity contribution is 0.259. The van der Waals surface area contributed by atoms with Gasteiger partial charge in [0.15, 0.2) is 21.8 Å². The summed E-state index contributed by atoms with van der Waals surface area (Å²) in [7, 11) is 0. The fourth-order valence-corrected chi connectivity index (χ4v) is 5.38. The molecule has 0 unspecified atom stereocenters. The first kappa shape index (κ1) is 21.3. The van der Waals surface area contributed by atoms with E-state index in [4.69, 9.17) is 10.7 Å². The van der Waals surface area contributed by atoms with Crippen molar-refractivity contribution in [2.75, 3.05) is 17.7 Å². The molecule has 0 fully saturated rings. The number of fused-ring (bicyclic) bond motifs is 1. The fourth-order valence-electron chi connectivity index (χ4n) is 2.94. The number of aliphatic hydroxyl groups is 1. The molecule has 0 bridgehead atoms. The van der Waals surface area contributed by atoms with Crippen molar-refractivity contribution in [3.8, 4) is 0 Å². The van der Waals surface area contributed by atoms with Crippen molar-refractivity contribution in [1.29, 1.82) is 0 Å². The minimum absolute atomic E-state index is 0.0355. The van der Waals surface area contributed by atoms with Gasteiger partial charge in [-0.25, -0.2) is 15.0 Å². The van der Waals surface area contributed by atoms with E-state index in [2.05, 4.69) is 58.1 Å². The van der Waals surface area contributed by atoms with Gasteiger partial charge in [-0.15, -0.1) is 0 Å². The van der Waals surface area contributed by atoms with Crippen LogP contribution in [0.1, 0.15) is 38.0 Å². The van der Waals surface area contributed by atoms with E-state index in [0.29, 0.717) is 27.7 Å². The molecule has 9 heteroatoms. The normalized spacial score (nSPS) is 13.8. The molecule has 0 aliphatic heterocycles. The fraction of sp³-hybridized carbons (Fsp3) is 0.421. The molecule has 3 rings (SSSR count). The summed E-state index contributed by atoms with van der Waals surface area (Å²) in [4.78, 5) is 13.7.